The Hall–Kier alpha value is -2.17. The minimum Gasteiger partial charge on any atom is -0.439 e. The van der Waals surface area contributed by atoms with Gasteiger partial charge in [-0.3, -0.25) is 4.99 Å². The van der Waals surface area contributed by atoms with Crippen LogP contribution in [0.5, 0.6) is 5.75 Å². The lowest BCUT2D eigenvalue weighted by molar-refractivity contribution is -0.309. The standard InChI is InChI=1S/C20H23NO3/c1-14-12-15-8-5-6-11-18(15)19(21-14)16-9-7-10-17(13-16)24-20(2,22-3)23-4/h5-11,13-14H,12H2,1-4H3. The monoisotopic (exact) mass is 325 g/mol. The Morgan fingerprint density at radius 3 is 2.54 bits per heavy atom. The Kier molecular flexibility index (Phi) is 4.69. The van der Waals surface area contributed by atoms with Crippen molar-refractivity contribution < 1.29 is 14.2 Å². The van der Waals surface area contributed by atoms with Crippen LogP contribution in [0, 0.1) is 0 Å². The van der Waals surface area contributed by atoms with Gasteiger partial charge in [0.25, 0.3) is 0 Å². The lowest BCUT2D eigenvalue weighted by atomic mass is 9.91. The van der Waals surface area contributed by atoms with Crippen LogP contribution in [-0.4, -0.2) is 31.9 Å². The Morgan fingerprint density at radius 1 is 1.04 bits per heavy atom. The third kappa shape index (κ3) is 3.35. The molecule has 0 spiro atoms. The summed E-state index contributed by atoms with van der Waals surface area (Å²) in [6.07, 6.45) is 0.973. The fourth-order valence-corrected chi connectivity index (χ4v) is 2.90. The van der Waals surface area contributed by atoms with Crippen LogP contribution in [0.4, 0.5) is 0 Å². The van der Waals surface area contributed by atoms with E-state index in [1.165, 1.54) is 11.1 Å². The summed E-state index contributed by atoms with van der Waals surface area (Å²) in [7, 11) is 3.10. The predicted octanol–water partition coefficient (Wildman–Crippen LogP) is 3.81. The zero-order chi connectivity index (χ0) is 17.2. The maximum atomic E-state index is 5.85. The minimum absolute atomic E-state index is 0.266. The molecule has 4 nitrogen and oxygen atoms in total. The van der Waals surface area contributed by atoms with Crippen LogP contribution in [0.1, 0.15) is 30.5 Å². The second-order valence-corrected chi connectivity index (χ2v) is 6.09. The normalized spacial score (nSPS) is 17.2. The van der Waals surface area contributed by atoms with E-state index in [2.05, 4.69) is 37.3 Å². The number of hydrogen-bond acceptors (Lipinski definition) is 4. The molecule has 0 amide bonds. The summed E-state index contributed by atoms with van der Waals surface area (Å²) in [5.41, 5.74) is 4.56. The van der Waals surface area contributed by atoms with Crippen molar-refractivity contribution in [2.24, 2.45) is 4.99 Å². The highest BCUT2D eigenvalue weighted by Crippen LogP contribution is 2.26. The summed E-state index contributed by atoms with van der Waals surface area (Å²) >= 11 is 0. The molecular weight excluding hydrogens is 302 g/mol. The smallest absolute Gasteiger partial charge is 0.323 e. The Morgan fingerprint density at radius 2 is 1.79 bits per heavy atom. The van der Waals surface area contributed by atoms with Crippen molar-refractivity contribution in [1.82, 2.24) is 0 Å². The van der Waals surface area contributed by atoms with Crippen LogP contribution >= 0.6 is 0 Å². The van der Waals surface area contributed by atoms with E-state index in [0.29, 0.717) is 5.75 Å². The van der Waals surface area contributed by atoms with Crippen molar-refractivity contribution >= 4 is 5.71 Å². The van der Waals surface area contributed by atoms with Gasteiger partial charge in [0.1, 0.15) is 5.75 Å². The zero-order valence-electron chi connectivity index (χ0n) is 14.6. The number of nitrogens with zero attached hydrogens (tertiary/aromatic N) is 1. The van der Waals surface area contributed by atoms with Crippen molar-refractivity contribution in [3.05, 3.63) is 65.2 Å². The van der Waals surface area contributed by atoms with Crippen molar-refractivity contribution in [3.63, 3.8) is 0 Å². The summed E-state index contributed by atoms with van der Waals surface area (Å²) in [6, 6.07) is 16.6. The molecule has 0 saturated carbocycles. The van der Waals surface area contributed by atoms with Crippen LogP contribution in [-0.2, 0) is 15.9 Å². The van der Waals surface area contributed by atoms with Gasteiger partial charge >= 0.3 is 5.97 Å². The maximum Gasteiger partial charge on any atom is 0.323 e. The quantitative estimate of drug-likeness (QED) is 0.785. The number of ether oxygens (including phenoxy) is 3. The average molecular weight is 325 g/mol. The third-order valence-electron chi connectivity index (χ3n) is 4.29. The number of benzene rings is 2. The highest BCUT2D eigenvalue weighted by atomic mass is 16.9. The number of rotatable bonds is 5. The molecule has 126 valence electrons. The van der Waals surface area contributed by atoms with Crippen LogP contribution in [0.2, 0.25) is 0 Å². The number of hydrogen-bond donors (Lipinski definition) is 0. The van der Waals surface area contributed by atoms with Gasteiger partial charge in [0.2, 0.25) is 0 Å². The summed E-state index contributed by atoms with van der Waals surface area (Å²) in [6.45, 7) is 3.87. The molecule has 0 fully saturated rings. The summed E-state index contributed by atoms with van der Waals surface area (Å²) in [5, 5.41) is 0. The fraction of sp³-hybridized carbons (Fsp3) is 0.350. The van der Waals surface area contributed by atoms with E-state index >= 15 is 0 Å². The number of methoxy groups -OCH3 is 2. The molecule has 0 N–H and O–H groups in total. The second kappa shape index (κ2) is 6.75. The molecule has 4 heteroatoms. The minimum atomic E-state index is -1.11. The summed E-state index contributed by atoms with van der Waals surface area (Å²) < 4.78 is 16.4. The molecule has 3 rings (SSSR count). The van der Waals surface area contributed by atoms with Crippen LogP contribution in [0.25, 0.3) is 0 Å². The van der Waals surface area contributed by atoms with Crippen LogP contribution < -0.4 is 4.74 Å². The predicted molar refractivity (Wildman–Crippen MR) is 94.7 cm³/mol. The van der Waals surface area contributed by atoms with E-state index in [4.69, 9.17) is 19.2 Å². The molecule has 24 heavy (non-hydrogen) atoms. The van der Waals surface area contributed by atoms with Crippen LogP contribution in [0.15, 0.2) is 53.5 Å². The molecule has 1 aliphatic rings. The average Bonchev–Trinajstić information content (AvgIpc) is 2.61. The van der Waals surface area contributed by atoms with Gasteiger partial charge in [-0.15, -0.1) is 0 Å². The van der Waals surface area contributed by atoms with E-state index in [-0.39, 0.29) is 6.04 Å². The largest absolute Gasteiger partial charge is 0.439 e. The highest BCUT2D eigenvalue weighted by Gasteiger charge is 2.26. The van der Waals surface area contributed by atoms with E-state index < -0.39 is 5.97 Å². The number of fused-ring (bicyclic) bond motifs is 1. The second-order valence-electron chi connectivity index (χ2n) is 6.09. The van der Waals surface area contributed by atoms with Crippen molar-refractivity contribution in [1.29, 1.82) is 0 Å². The molecule has 0 aromatic heterocycles. The number of aliphatic imine (C=N–C) groups is 1. The molecule has 2 aromatic carbocycles. The van der Waals surface area contributed by atoms with E-state index in [9.17, 15) is 0 Å². The van der Waals surface area contributed by atoms with Crippen molar-refractivity contribution in [2.75, 3.05) is 14.2 Å². The SMILES string of the molecule is COC(C)(OC)Oc1cccc(C2=NC(C)Cc3ccccc32)c1. The molecule has 2 aromatic rings. The molecule has 0 saturated heterocycles. The van der Waals surface area contributed by atoms with Gasteiger partial charge in [-0.1, -0.05) is 36.4 Å². The Balaban J connectivity index is 1.97. The first-order valence-electron chi connectivity index (χ1n) is 8.10. The van der Waals surface area contributed by atoms with Crippen LogP contribution in [0.3, 0.4) is 0 Å². The van der Waals surface area contributed by atoms with Gasteiger partial charge in [-0.05, 0) is 31.0 Å². The first-order chi connectivity index (χ1) is 11.5. The molecule has 1 heterocycles. The maximum absolute atomic E-state index is 5.85. The molecule has 0 aliphatic carbocycles. The van der Waals surface area contributed by atoms with E-state index in [1.807, 2.05) is 18.2 Å². The lowest BCUT2D eigenvalue weighted by Crippen LogP contribution is -2.36. The van der Waals surface area contributed by atoms with E-state index in [1.54, 1.807) is 21.1 Å². The molecule has 1 atom stereocenters. The van der Waals surface area contributed by atoms with Gasteiger partial charge < -0.3 is 14.2 Å². The molecule has 0 bridgehead atoms. The van der Waals surface area contributed by atoms with Gasteiger partial charge in [0.05, 0.1) is 11.8 Å². The van der Waals surface area contributed by atoms with Crippen molar-refractivity contribution in [2.45, 2.75) is 32.3 Å². The van der Waals surface area contributed by atoms with Crippen molar-refractivity contribution in [3.8, 4) is 5.75 Å². The lowest BCUT2D eigenvalue weighted by Gasteiger charge is -2.27. The molecule has 1 unspecified atom stereocenters. The van der Waals surface area contributed by atoms with E-state index in [0.717, 1.165) is 17.7 Å². The van der Waals surface area contributed by atoms with Gasteiger partial charge in [0.15, 0.2) is 0 Å². The topological polar surface area (TPSA) is 40.0 Å². The molecule has 1 aliphatic heterocycles. The third-order valence-corrected chi connectivity index (χ3v) is 4.29. The van der Waals surface area contributed by atoms with Gasteiger partial charge in [-0.2, -0.15) is 0 Å². The Labute approximate surface area is 143 Å². The highest BCUT2D eigenvalue weighted by molar-refractivity contribution is 6.14. The fourth-order valence-electron chi connectivity index (χ4n) is 2.90. The van der Waals surface area contributed by atoms with Gasteiger partial charge in [-0.25, -0.2) is 0 Å². The molecular formula is C20H23NO3. The summed E-state index contributed by atoms with van der Waals surface area (Å²) in [4.78, 5) is 4.87. The molecule has 0 radical (unpaired) electrons. The zero-order valence-corrected chi connectivity index (χ0v) is 14.6. The first-order valence-corrected chi connectivity index (χ1v) is 8.10. The first kappa shape index (κ1) is 16.7. The van der Waals surface area contributed by atoms with Gasteiger partial charge in [0, 0.05) is 32.3 Å². The summed E-state index contributed by atoms with van der Waals surface area (Å²) in [5.74, 6) is -0.435. The Bertz CT molecular complexity index is 750.